The number of benzene rings is 1. The zero-order valence-corrected chi connectivity index (χ0v) is 12.9. The van der Waals surface area contributed by atoms with Crippen LogP contribution in [0, 0.1) is 5.71 Å². The van der Waals surface area contributed by atoms with Gasteiger partial charge in [-0.2, -0.15) is 4.24 Å². The molecule has 1 amide bonds. The Balaban J connectivity index is 1.90. The molecule has 0 saturated heterocycles. The highest BCUT2D eigenvalue weighted by Gasteiger charge is 2.35. The Morgan fingerprint density at radius 2 is 1.82 bits per heavy atom. The van der Waals surface area contributed by atoms with E-state index < -0.39 is 0 Å². The van der Waals surface area contributed by atoms with E-state index >= 15 is 0 Å². The van der Waals surface area contributed by atoms with Gasteiger partial charge in [-0.3, -0.25) is 4.79 Å². The number of unbranched alkanes of at least 4 members (excludes halogenated alkanes) is 2. The minimum atomic E-state index is 0.0126. The molecule has 0 saturated carbocycles. The van der Waals surface area contributed by atoms with Crippen LogP contribution in [0.5, 0.6) is 0 Å². The molecule has 3 rings (SSSR count). The molecule has 112 valence electrons. The van der Waals surface area contributed by atoms with Gasteiger partial charge in [0.1, 0.15) is 5.57 Å². The van der Waals surface area contributed by atoms with Gasteiger partial charge in [-0.15, -0.1) is 0 Å². The van der Waals surface area contributed by atoms with Gasteiger partial charge in [-0.05, 0) is 18.1 Å². The van der Waals surface area contributed by atoms with E-state index in [0.717, 1.165) is 48.0 Å². The number of nitrogens with zero attached hydrogens (tertiary/aromatic N) is 1. The lowest BCUT2D eigenvalue weighted by atomic mass is 9.95. The van der Waals surface area contributed by atoms with Gasteiger partial charge in [0, 0.05) is 18.7 Å². The zero-order chi connectivity index (χ0) is 15.4. The normalized spacial score (nSPS) is 12.6. The van der Waals surface area contributed by atoms with Gasteiger partial charge in [0.15, 0.2) is 6.20 Å². The van der Waals surface area contributed by atoms with Gasteiger partial charge in [-0.25, -0.2) is 0 Å². The van der Waals surface area contributed by atoms with Crippen molar-refractivity contribution in [3.63, 3.8) is 0 Å². The van der Waals surface area contributed by atoms with Crippen LogP contribution in [0.25, 0.3) is 5.57 Å². The van der Waals surface area contributed by atoms with E-state index in [1.807, 2.05) is 40.8 Å². The van der Waals surface area contributed by atoms with Gasteiger partial charge in [0.05, 0.1) is 0 Å². The third-order valence-corrected chi connectivity index (χ3v) is 3.94. The van der Waals surface area contributed by atoms with Crippen molar-refractivity contribution in [2.75, 3.05) is 6.54 Å². The maximum absolute atomic E-state index is 12.5. The van der Waals surface area contributed by atoms with Crippen molar-refractivity contribution < 1.29 is 9.04 Å². The molecular formula is C19H21N2O+. The van der Waals surface area contributed by atoms with E-state index in [2.05, 4.69) is 30.4 Å². The number of nitrogens with one attached hydrogen (secondary N) is 1. The maximum Gasteiger partial charge on any atom is 0.317 e. The van der Waals surface area contributed by atoms with Crippen molar-refractivity contribution in [2.45, 2.75) is 26.2 Å². The Kier molecular flexibility index (Phi) is 4.33. The molecule has 0 radical (unpaired) electrons. The monoisotopic (exact) mass is 293 g/mol. The Labute approximate surface area is 130 Å². The lowest BCUT2D eigenvalue weighted by molar-refractivity contribution is -0.543. The van der Waals surface area contributed by atoms with Crippen LogP contribution in [0.4, 0.5) is 0 Å². The molecule has 22 heavy (non-hydrogen) atoms. The first kappa shape index (κ1) is 14.5. The summed E-state index contributed by atoms with van der Waals surface area (Å²) in [7, 11) is 0. The number of carbonyl (C=O) groups excluding carboxylic acids is 1. The molecule has 1 N–H and O–H groups in total. The Bertz CT molecular complexity index is 794. The second-order valence-corrected chi connectivity index (χ2v) is 5.51. The molecule has 1 aromatic carbocycles. The van der Waals surface area contributed by atoms with Crippen molar-refractivity contribution in [2.24, 2.45) is 0 Å². The van der Waals surface area contributed by atoms with Crippen LogP contribution in [0.2, 0.25) is 0 Å². The van der Waals surface area contributed by atoms with Crippen LogP contribution in [0.15, 0.2) is 54.7 Å². The topological polar surface area (TPSA) is 35.0 Å². The number of pyridine rings is 1. The molecule has 1 aliphatic heterocycles. The average molecular weight is 293 g/mol. The third kappa shape index (κ3) is 2.67. The zero-order valence-electron chi connectivity index (χ0n) is 12.9. The fraction of sp³-hybridized carbons (Fsp3) is 0.263. The smallest absolute Gasteiger partial charge is 0.317 e. The molecule has 1 aromatic heterocycles. The average Bonchev–Trinajstić information content (AvgIpc) is 2.54. The molecule has 1 aliphatic rings. The highest BCUT2D eigenvalue weighted by molar-refractivity contribution is 6.01. The SMILES string of the molecule is CCCCCNC(=O)C1=[n+]2ccccc2=C1c1ccccc1. The molecule has 0 bridgehead atoms. The minimum absolute atomic E-state index is 0.0126. The summed E-state index contributed by atoms with van der Waals surface area (Å²) >= 11 is 0. The van der Waals surface area contributed by atoms with E-state index in [9.17, 15) is 4.79 Å². The van der Waals surface area contributed by atoms with E-state index in [4.69, 9.17) is 0 Å². The Morgan fingerprint density at radius 1 is 1.05 bits per heavy atom. The molecule has 0 unspecified atom stereocenters. The first-order valence-electron chi connectivity index (χ1n) is 7.92. The number of carbonyl (C=O) groups is 1. The maximum atomic E-state index is 12.5. The van der Waals surface area contributed by atoms with Gasteiger partial charge in [0.25, 0.3) is 5.71 Å². The van der Waals surface area contributed by atoms with Gasteiger partial charge >= 0.3 is 5.91 Å². The van der Waals surface area contributed by atoms with Gasteiger partial charge in [0.2, 0.25) is 5.35 Å². The molecule has 3 nitrogen and oxygen atoms in total. The molecule has 0 spiro atoms. The summed E-state index contributed by atoms with van der Waals surface area (Å²) < 4.78 is 1.97. The van der Waals surface area contributed by atoms with Crippen molar-refractivity contribution in [3.8, 4) is 0 Å². The largest absolute Gasteiger partial charge is 0.347 e. The molecule has 0 atom stereocenters. The quantitative estimate of drug-likeness (QED) is 0.640. The molecule has 0 aliphatic carbocycles. The van der Waals surface area contributed by atoms with Crippen molar-refractivity contribution in [1.82, 2.24) is 5.32 Å². The number of aromatic nitrogens is 1. The van der Waals surface area contributed by atoms with E-state index in [-0.39, 0.29) is 5.91 Å². The predicted molar refractivity (Wildman–Crippen MR) is 86.4 cm³/mol. The molecule has 3 heteroatoms. The summed E-state index contributed by atoms with van der Waals surface area (Å²) in [6.07, 6.45) is 5.28. The third-order valence-electron chi connectivity index (χ3n) is 3.94. The summed E-state index contributed by atoms with van der Waals surface area (Å²) in [6.45, 7) is 2.90. The first-order chi connectivity index (χ1) is 10.8. The van der Waals surface area contributed by atoms with Gasteiger partial charge < -0.3 is 5.32 Å². The number of hydrogen-bond donors (Lipinski definition) is 1. The number of amides is 1. The van der Waals surface area contributed by atoms with Crippen LogP contribution >= 0.6 is 0 Å². The van der Waals surface area contributed by atoms with Crippen molar-refractivity contribution >= 4 is 11.5 Å². The van der Waals surface area contributed by atoms with E-state index in [1.54, 1.807) is 0 Å². The highest BCUT2D eigenvalue weighted by Crippen LogP contribution is 2.19. The second kappa shape index (κ2) is 6.56. The molecular weight excluding hydrogens is 272 g/mol. The second-order valence-electron chi connectivity index (χ2n) is 5.51. The lowest BCUT2D eigenvalue weighted by Crippen LogP contribution is -2.55. The van der Waals surface area contributed by atoms with E-state index in [1.165, 1.54) is 0 Å². The lowest BCUT2D eigenvalue weighted by Gasteiger charge is -2.12. The molecule has 0 fully saturated rings. The van der Waals surface area contributed by atoms with Crippen LogP contribution in [-0.4, -0.2) is 12.5 Å². The standard InChI is InChI=1S/C19H20N2O/c1-2-3-8-13-20-19(22)18-17(15-10-5-4-6-11-15)16-12-7-9-14-21(16)18/h4-7,9-12,14H,2-3,8,13H2,1H3/p+1. The van der Waals surface area contributed by atoms with Crippen molar-refractivity contribution in [3.05, 3.63) is 71.4 Å². The number of fused-ring (bicyclic) bond motifs is 1. The van der Waals surface area contributed by atoms with Crippen molar-refractivity contribution in [1.29, 1.82) is 0 Å². The fourth-order valence-corrected chi connectivity index (χ4v) is 2.80. The summed E-state index contributed by atoms with van der Waals surface area (Å²) in [6, 6.07) is 16.1. The van der Waals surface area contributed by atoms with Crippen LogP contribution in [-0.2, 0) is 4.79 Å². The van der Waals surface area contributed by atoms with Crippen LogP contribution < -0.4 is 14.9 Å². The van der Waals surface area contributed by atoms with Crippen LogP contribution in [0.3, 0.4) is 0 Å². The summed E-state index contributed by atoms with van der Waals surface area (Å²) in [4.78, 5) is 12.5. The predicted octanol–water partition coefficient (Wildman–Crippen LogP) is 1.87. The summed E-state index contributed by atoms with van der Waals surface area (Å²) in [5, 5.41) is 4.13. The summed E-state index contributed by atoms with van der Waals surface area (Å²) in [5.74, 6) is 0.0126. The number of rotatable bonds is 6. The summed E-state index contributed by atoms with van der Waals surface area (Å²) in [5.41, 5.74) is 2.87. The molecule has 2 heterocycles. The van der Waals surface area contributed by atoms with E-state index in [0.29, 0.717) is 0 Å². The van der Waals surface area contributed by atoms with Crippen LogP contribution in [0.1, 0.15) is 31.7 Å². The molecule has 2 aromatic rings. The minimum Gasteiger partial charge on any atom is -0.347 e. The Hall–Kier alpha value is -2.42. The Morgan fingerprint density at radius 3 is 2.59 bits per heavy atom. The fourth-order valence-electron chi connectivity index (χ4n) is 2.80. The number of hydrogen-bond acceptors (Lipinski definition) is 1. The first-order valence-corrected chi connectivity index (χ1v) is 7.92. The van der Waals surface area contributed by atoms with Gasteiger partial charge in [-0.1, -0.05) is 50.1 Å². The highest BCUT2D eigenvalue weighted by atomic mass is 16.1.